The van der Waals surface area contributed by atoms with Crippen molar-refractivity contribution in [3.8, 4) is 0 Å². The van der Waals surface area contributed by atoms with Crippen LogP contribution in [0.1, 0.15) is 10.6 Å². The topological polar surface area (TPSA) is 59.0 Å². The zero-order chi connectivity index (χ0) is 13.0. The number of nitrogens with one attached hydrogen (secondary N) is 2. The van der Waals surface area contributed by atoms with Crippen LogP contribution in [0.3, 0.4) is 0 Å². The number of urea groups is 1. The second kappa shape index (κ2) is 6.01. The Kier molecular flexibility index (Phi) is 4.38. The van der Waals surface area contributed by atoms with Crippen molar-refractivity contribution in [1.82, 2.24) is 20.4 Å². The van der Waals surface area contributed by atoms with Crippen LogP contribution in [0.2, 0.25) is 0 Å². The van der Waals surface area contributed by atoms with Gasteiger partial charge in [0.25, 0.3) is 0 Å². The summed E-state index contributed by atoms with van der Waals surface area (Å²) in [6, 6.07) is 5.64. The number of aromatic nitrogens is 2. The number of hydrogen-bond donors (Lipinski definition) is 2. The van der Waals surface area contributed by atoms with Crippen LogP contribution in [0.25, 0.3) is 0 Å². The van der Waals surface area contributed by atoms with E-state index in [1.54, 1.807) is 22.2 Å². The van der Waals surface area contributed by atoms with E-state index in [2.05, 4.69) is 31.7 Å². The number of rotatable bonds is 4. The third-order valence-corrected chi connectivity index (χ3v) is 4.03. The van der Waals surface area contributed by atoms with E-state index in [0.29, 0.717) is 13.1 Å². The van der Waals surface area contributed by atoms with Gasteiger partial charge in [0.05, 0.1) is 22.6 Å². The lowest BCUT2D eigenvalue weighted by molar-refractivity contribution is 0.240. The molecule has 2 heterocycles. The Morgan fingerprint density at radius 1 is 1.39 bits per heavy atom. The van der Waals surface area contributed by atoms with Gasteiger partial charge in [-0.1, -0.05) is 0 Å². The van der Waals surface area contributed by atoms with Crippen molar-refractivity contribution in [2.45, 2.75) is 13.1 Å². The molecule has 2 aromatic heterocycles. The maximum absolute atomic E-state index is 11.6. The number of amides is 2. The summed E-state index contributed by atoms with van der Waals surface area (Å²) in [6.45, 7) is 1.00. The molecule has 5 nitrogen and oxygen atoms in total. The summed E-state index contributed by atoms with van der Waals surface area (Å²) in [7, 11) is 1.85. The lowest BCUT2D eigenvalue weighted by Gasteiger charge is -2.06. The smallest absolute Gasteiger partial charge is 0.315 e. The lowest BCUT2D eigenvalue weighted by Crippen LogP contribution is -2.34. The van der Waals surface area contributed by atoms with Gasteiger partial charge in [-0.2, -0.15) is 5.10 Å². The highest BCUT2D eigenvalue weighted by atomic mass is 79.9. The Labute approximate surface area is 117 Å². The van der Waals surface area contributed by atoms with Gasteiger partial charge in [-0.25, -0.2) is 4.79 Å². The van der Waals surface area contributed by atoms with Crippen LogP contribution in [0, 0.1) is 0 Å². The first-order valence-corrected chi connectivity index (χ1v) is 6.99. The molecule has 96 valence electrons. The summed E-state index contributed by atoms with van der Waals surface area (Å²) >= 11 is 4.99. The van der Waals surface area contributed by atoms with E-state index in [-0.39, 0.29) is 6.03 Å². The molecular weight excluding hydrogens is 316 g/mol. The monoisotopic (exact) mass is 328 g/mol. The first-order valence-electron chi connectivity index (χ1n) is 5.38. The van der Waals surface area contributed by atoms with Gasteiger partial charge in [0.2, 0.25) is 0 Å². The van der Waals surface area contributed by atoms with E-state index in [1.807, 2.05) is 25.2 Å². The predicted molar refractivity (Wildman–Crippen MR) is 74.3 cm³/mol. The maximum atomic E-state index is 11.6. The quantitative estimate of drug-likeness (QED) is 0.904. The molecule has 0 spiro atoms. The van der Waals surface area contributed by atoms with Crippen LogP contribution in [-0.4, -0.2) is 15.8 Å². The number of hydrogen-bond acceptors (Lipinski definition) is 3. The number of halogens is 1. The normalized spacial score (nSPS) is 10.3. The summed E-state index contributed by atoms with van der Waals surface area (Å²) in [4.78, 5) is 12.7. The second-order valence-electron chi connectivity index (χ2n) is 3.69. The van der Waals surface area contributed by atoms with Crippen molar-refractivity contribution in [1.29, 1.82) is 0 Å². The van der Waals surface area contributed by atoms with E-state index < -0.39 is 0 Å². The van der Waals surface area contributed by atoms with Gasteiger partial charge in [-0.05, 0) is 34.1 Å². The fourth-order valence-electron chi connectivity index (χ4n) is 1.42. The first kappa shape index (κ1) is 13.1. The highest BCUT2D eigenvalue weighted by Crippen LogP contribution is 2.21. The molecule has 0 aliphatic rings. The largest absolute Gasteiger partial charge is 0.333 e. The average molecular weight is 329 g/mol. The van der Waals surface area contributed by atoms with Gasteiger partial charge < -0.3 is 10.6 Å². The maximum Gasteiger partial charge on any atom is 0.315 e. The van der Waals surface area contributed by atoms with Crippen LogP contribution in [-0.2, 0) is 20.1 Å². The minimum Gasteiger partial charge on any atom is -0.333 e. The molecule has 0 saturated heterocycles. The second-order valence-corrected chi connectivity index (χ2v) is 6.24. The highest BCUT2D eigenvalue weighted by Gasteiger charge is 2.04. The number of nitrogens with zero attached hydrogens (tertiary/aromatic N) is 2. The summed E-state index contributed by atoms with van der Waals surface area (Å²) in [5.41, 5.74) is 0.962. The van der Waals surface area contributed by atoms with Gasteiger partial charge in [0.15, 0.2) is 0 Å². The average Bonchev–Trinajstić information content (AvgIpc) is 2.93. The Balaban J connectivity index is 1.74. The van der Waals surface area contributed by atoms with Crippen LogP contribution >= 0.6 is 27.3 Å². The highest BCUT2D eigenvalue weighted by molar-refractivity contribution is 9.11. The van der Waals surface area contributed by atoms with E-state index in [0.717, 1.165) is 14.4 Å². The number of aryl methyl sites for hydroxylation is 1. The fourth-order valence-corrected chi connectivity index (χ4v) is 2.85. The summed E-state index contributed by atoms with van der Waals surface area (Å²) in [5.74, 6) is 0. The van der Waals surface area contributed by atoms with Gasteiger partial charge in [0.1, 0.15) is 0 Å². The van der Waals surface area contributed by atoms with Gasteiger partial charge in [-0.3, -0.25) is 4.68 Å². The molecule has 0 aromatic carbocycles. The zero-order valence-electron chi connectivity index (χ0n) is 9.81. The number of carbonyl (C=O) groups excluding carboxylic acids is 1. The fraction of sp³-hybridized carbons (Fsp3) is 0.273. The summed E-state index contributed by atoms with van der Waals surface area (Å²) < 4.78 is 2.80. The summed E-state index contributed by atoms with van der Waals surface area (Å²) in [6.07, 6.45) is 1.71. The number of thiophene rings is 1. The third kappa shape index (κ3) is 3.58. The molecule has 0 atom stereocenters. The van der Waals surface area contributed by atoms with Gasteiger partial charge >= 0.3 is 6.03 Å². The number of carbonyl (C=O) groups is 1. The molecule has 7 heteroatoms. The van der Waals surface area contributed by atoms with E-state index in [9.17, 15) is 4.79 Å². The van der Waals surface area contributed by atoms with Crippen LogP contribution in [0.15, 0.2) is 28.2 Å². The zero-order valence-corrected chi connectivity index (χ0v) is 12.2. The molecule has 18 heavy (non-hydrogen) atoms. The van der Waals surface area contributed by atoms with Crippen molar-refractivity contribution in [2.75, 3.05) is 0 Å². The van der Waals surface area contributed by atoms with E-state index in [1.165, 1.54) is 0 Å². The van der Waals surface area contributed by atoms with Crippen LogP contribution < -0.4 is 10.6 Å². The van der Waals surface area contributed by atoms with Crippen LogP contribution in [0.5, 0.6) is 0 Å². The molecule has 2 amide bonds. The SMILES string of the molecule is Cn1nccc1CNC(=O)NCc1ccc(Br)s1. The first-order chi connectivity index (χ1) is 8.65. The molecule has 0 aliphatic heterocycles. The molecule has 0 bridgehead atoms. The lowest BCUT2D eigenvalue weighted by atomic mass is 10.4. The molecule has 2 N–H and O–H groups in total. The van der Waals surface area contributed by atoms with E-state index >= 15 is 0 Å². The molecule has 0 unspecified atom stereocenters. The van der Waals surface area contributed by atoms with Crippen molar-refractivity contribution in [2.24, 2.45) is 7.05 Å². The molecule has 2 aromatic rings. The van der Waals surface area contributed by atoms with E-state index in [4.69, 9.17) is 0 Å². The van der Waals surface area contributed by atoms with Crippen molar-refractivity contribution in [3.63, 3.8) is 0 Å². The minimum atomic E-state index is -0.180. The van der Waals surface area contributed by atoms with Gasteiger partial charge in [0, 0.05) is 18.1 Å². The Morgan fingerprint density at radius 3 is 2.78 bits per heavy atom. The van der Waals surface area contributed by atoms with Gasteiger partial charge in [-0.15, -0.1) is 11.3 Å². The van der Waals surface area contributed by atoms with Crippen molar-refractivity contribution >= 4 is 33.3 Å². The van der Waals surface area contributed by atoms with Crippen LogP contribution in [0.4, 0.5) is 4.79 Å². The van der Waals surface area contributed by atoms with Crippen molar-refractivity contribution < 1.29 is 4.79 Å². The molecular formula is C11H13BrN4OS. The molecule has 0 radical (unpaired) electrons. The third-order valence-electron chi connectivity index (χ3n) is 2.40. The molecule has 0 aliphatic carbocycles. The Hall–Kier alpha value is -1.34. The molecule has 0 fully saturated rings. The Morgan fingerprint density at radius 2 is 2.17 bits per heavy atom. The summed E-state index contributed by atoms with van der Waals surface area (Å²) in [5, 5.41) is 9.62. The predicted octanol–water partition coefficient (Wildman–Crippen LogP) is 2.24. The van der Waals surface area contributed by atoms with Crippen molar-refractivity contribution in [3.05, 3.63) is 38.8 Å². The molecule has 2 rings (SSSR count). The molecule has 0 saturated carbocycles. The minimum absolute atomic E-state index is 0.180. The standard InChI is InChI=1S/C11H13BrN4OS/c1-16-8(4-5-15-16)6-13-11(17)14-7-9-2-3-10(12)18-9/h2-5H,6-7H2,1H3,(H2,13,14,17). The Bertz CT molecular complexity index is 537.